The Hall–Kier alpha value is -1.29. The first kappa shape index (κ1) is 11.8. The van der Waals surface area contributed by atoms with Crippen LogP contribution in [0, 0.1) is 0 Å². The zero-order chi connectivity index (χ0) is 11.6. The Morgan fingerprint density at radius 1 is 1.53 bits per heavy atom. The van der Waals surface area contributed by atoms with Gasteiger partial charge in [0, 0.05) is 11.7 Å². The van der Waals surface area contributed by atoms with Crippen molar-refractivity contribution < 1.29 is 9.90 Å². The molecule has 0 atom stereocenters. The second-order valence-electron chi connectivity index (χ2n) is 4.23. The van der Waals surface area contributed by atoms with Gasteiger partial charge in [0.2, 0.25) is 0 Å². The molecule has 0 unspecified atom stereocenters. The van der Waals surface area contributed by atoms with E-state index < -0.39 is 5.97 Å². The third-order valence-electron chi connectivity index (χ3n) is 1.58. The van der Waals surface area contributed by atoms with E-state index in [1.165, 1.54) is 12.3 Å². The average Bonchev–Trinajstić information content (AvgIpc) is 2.05. The minimum Gasteiger partial charge on any atom is -0.478 e. The molecule has 1 aromatic heterocycles. The summed E-state index contributed by atoms with van der Waals surface area (Å²) in [5.74, 6) is -0.712. The van der Waals surface area contributed by atoms with Gasteiger partial charge in [-0.1, -0.05) is 11.6 Å². The van der Waals surface area contributed by atoms with Crippen LogP contribution in [0.4, 0.5) is 5.82 Å². The Morgan fingerprint density at radius 3 is 2.60 bits per heavy atom. The predicted octanol–water partition coefficient (Wildman–Crippen LogP) is 2.64. The van der Waals surface area contributed by atoms with Crippen molar-refractivity contribution in [2.24, 2.45) is 0 Å². The van der Waals surface area contributed by atoms with Gasteiger partial charge in [-0.05, 0) is 26.8 Å². The van der Waals surface area contributed by atoms with Crippen molar-refractivity contribution in [1.29, 1.82) is 0 Å². The highest BCUT2D eigenvalue weighted by Gasteiger charge is 2.17. The zero-order valence-electron chi connectivity index (χ0n) is 8.84. The molecular weight excluding hydrogens is 216 g/mol. The quantitative estimate of drug-likeness (QED) is 0.817. The van der Waals surface area contributed by atoms with E-state index in [4.69, 9.17) is 16.7 Å². The number of anilines is 1. The van der Waals surface area contributed by atoms with E-state index in [9.17, 15) is 4.79 Å². The monoisotopic (exact) mass is 228 g/mol. The maximum atomic E-state index is 10.9. The summed E-state index contributed by atoms with van der Waals surface area (Å²) in [6.45, 7) is 5.78. The van der Waals surface area contributed by atoms with Gasteiger partial charge in [-0.2, -0.15) is 0 Å². The van der Waals surface area contributed by atoms with Crippen LogP contribution >= 0.6 is 11.6 Å². The Bertz CT molecular complexity index is 385. The van der Waals surface area contributed by atoms with Gasteiger partial charge in [0.1, 0.15) is 11.4 Å². The fraction of sp³-hybridized carbons (Fsp3) is 0.400. The minimum atomic E-state index is -1.04. The van der Waals surface area contributed by atoms with Crippen LogP contribution in [-0.4, -0.2) is 21.6 Å². The summed E-state index contributed by atoms with van der Waals surface area (Å²) in [5.41, 5.74) is -0.164. The number of nitrogens with zero attached hydrogens (tertiary/aromatic N) is 1. The van der Waals surface area contributed by atoms with E-state index in [0.717, 1.165) is 0 Å². The number of pyridine rings is 1. The summed E-state index contributed by atoms with van der Waals surface area (Å²) in [5, 5.41) is 12.3. The highest BCUT2D eigenvalue weighted by molar-refractivity contribution is 6.30. The number of rotatable bonds is 2. The molecule has 15 heavy (non-hydrogen) atoms. The van der Waals surface area contributed by atoms with Crippen LogP contribution in [0.5, 0.6) is 0 Å². The molecule has 0 aliphatic rings. The lowest BCUT2D eigenvalue weighted by molar-refractivity contribution is 0.0697. The molecule has 0 saturated carbocycles. The van der Waals surface area contributed by atoms with Crippen LogP contribution in [0.15, 0.2) is 12.3 Å². The molecule has 0 fully saturated rings. The van der Waals surface area contributed by atoms with Crippen LogP contribution in [0.1, 0.15) is 31.1 Å². The number of hydrogen-bond donors (Lipinski definition) is 2. The van der Waals surface area contributed by atoms with E-state index in [0.29, 0.717) is 10.8 Å². The van der Waals surface area contributed by atoms with Crippen molar-refractivity contribution in [3.05, 3.63) is 22.8 Å². The Kier molecular flexibility index (Phi) is 3.19. The summed E-state index contributed by atoms with van der Waals surface area (Å²) in [4.78, 5) is 14.9. The number of halogens is 1. The lowest BCUT2D eigenvalue weighted by Crippen LogP contribution is -2.28. The number of carboxylic acid groups (broad SMARTS) is 1. The normalized spacial score (nSPS) is 11.2. The summed E-state index contributed by atoms with van der Waals surface area (Å²) in [6, 6.07) is 1.38. The molecule has 0 bridgehead atoms. The van der Waals surface area contributed by atoms with Crippen molar-refractivity contribution >= 4 is 23.4 Å². The molecule has 0 radical (unpaired) electrons. The smallest absolute Gasteiger partial charge is 0.339 e. The molecule has 5 heteroatoms. The molecule has 82 valence electrons. The second kappa shape index (κ2) is 4.06. The van der Waals surface area contributed by atoms with Crippen LogP contribution < -0.4 is 5.32 Å². The maximum Gasteiger partial charge on any atom is 0.339 e. The van der Waals surface area contributed by atoms with Gasteiger partial charge >= 0.3 is 5.97 Å². The van der Waals surface area contributed by atoms with E-state index >= 15 is 0 Å². The molecule has 0 aliphatic carbocycles. The van der Waals surface area contributed by atoms with Crippen LogP contribution in [0.25, 0.3) is 0 Å². The van der Waals surface area contributed by atoms with Crippen molar-refractivity contribution in [2.75, 3.05) is 5.32 Å². The first-order chi connectivity index (χ1) is 6.79. The lowest BCUT2D eigenvalue weighted by atomic mass is 10.1. The third-order valence-corrected chi connectivity index (χ3v) is 1.78. The summed E-state index contributed by atoms with van der Waals surface area (Å²) >= 11 is 5.68. The van der Waals surface area contributed by atoms with Crippen molar-refractivity contribution in [2.45, 2.75) is 26.3 Å². The van der Waals surface area contributed by atoms with Crippen molar-refractivity contribution in [1.82, 2.24) is 4.98 Å². The zero-order valence-corrected chi connectivity index (χ0v) is 9.59. The minimum absolute atomic E-state index is 0.0809. The van der Waals surface area contributed by atoms with Gasteiger partial charge in [-0.3, -0.25) is 0 Å². The third kappa shape index (κ3) is 3.40. The Labute approximate surface area is 93.3 Å². The number of aromatic nitrogens is 1. The first-order valence-corrected chi connectivity index (χ1v) is 4.84. The largest absolute Gasteiger partial charge is 0.478 e. The Balaban J connectivity index is 3.12. The highest BCUT2D eigenvalue weighted by atomic mass is 35.5. The molecule has 4 nitrogen and oxygen atoms in total. The van der Waals surface area contributed by atoms with Crippen LogP contribution in [0.2, 0.25) is 5.02 Å². The molecule has 0 aromatic carbocycles. The van der Waals surface area contributed by atoms with Gasteiger partial charge in [-0.25, -0.2) is 9.78 Å². The highest BCUT2D eigenvalue weighted by Crippen LogP contribution is 2.20. The molecule has 0 spiro atoms. The van der Waals surface area contributed by atoms with Crippen molar-refractivity contribution in [3.8, 4) is 0 Å². The van der Waals surface area contributed by atoms with Gasteiger partial charge in [0.05, 0.1) is 5.02 Å². The predicted molar refractivity (Wildman–Crippen MR) is 59.6 cm³/mol. The van der Waals surface area contributed by atoms with Crippen LogP contribution in [-0.2, 0) is 0 Å². The van der Waals surface area contributed by atoms with Crippen LogP contribution in [0.3, 0.4) is 0 Å². The summed E-state index contributed by atoms with van der Waals surface area (Å²) in [6.07, 6.45) is 1.42. The SMILES string of the molecule is CC(C)(C)Nc1ncc(Cl)cc1C(=O)O. The fourth-order valence-electron chi connectivity index (χ4n) is 1.06. The van der Waals surface area contributed by atoms with Gasteiger partial charge in [-0.15, -0.1) is 0 Å². The molecule has 0 saturated heterocycles. The van der Waals surface area contributed by atoms with E-state index in [1.807, 2.05) is 20.8 Å². The maximum absolute atomic E-state index is 10.9. The Morgan fingerprint density at radius 2 is 2.13 bits per heavy atom. The molecule has 1 heterocycles. The average molecular weight is 229 g/mol. The lowest BCUT2D eigenvalue weighted by Gasteiger charge is -2.22. The number of carboxylic acids is 1. The molecular formula is C10H13ClN2O2. The summed E-state index contributed by atoms with van der Waals surface area (Å²) in [7, 11) is 0. The topological polar surface area (TPSA) is 62.2 Å². The molecule has 0 aliphatic heterocycles. The molecule has 1 aromatic rings. The van der Waals surface area contributed by atoms with Gasteiger partial charge in [0.25, 0.3) is 0 Å². The van der Waals surface area contributed by atoms with E-state index in [-0.39, 0.29) is 11.1 Å². The number of aromatic carboxylic acids is 1. The fourth-order valence-corrected chi connectivity index (χ4v) is 1.22. The molecule has 0 amide bonds. The molecule has 1 rings (SSSR count). The van der Waals surface area contributed by atoms with E-state index in [1.54, 1.807) is 0 Å². The number of nitrogens with one attached hydrogen (secondary N) is 1. The first-order valence-electron chi connectivity index (χ1n) is 4.46. The van der Waals surface area contributed by atoms with Gasteiger partial charge < -0.3 is 10.4 Å². The number of carbonyl (C=O) groups is 1. The van der Waals surface area contributed by atoms with Gasteiger partial charge in [0.15, 0.2) is 0 Å². The standard InChI is InChI=1S/C10H13ClN2O2/c1-10(2,3)13-8-7(9(14)15)4-6(11)5-12-8/h4-5H,1-3H3,(H,12,13)(H,14,15). The van der Waals surface area contributed by atoms with Crippen molar-refractivity contribution in [3.63, 3.8) is 0 Å². The van der Waals surface area contributed by atoms with E-state index in [2.05, 4.69) is 10.3 Å². The summed E-state index contributed by atoms with van der Waals surface area (Å²) < 4.78 is 0. The molecule has 2 N–H and O–H groups in total. The number of hydrogen-bond acceptors (Lipinski definition) is 3. The second-order valence-corrected chi connectivity index (χ2v) is 4.67.